The Morgan fingerprint density at radius 3 is 2.55 bits per heavy atom. The summed E-state index contributed by atoms with van der Waals surface area (Å²) in [5.41, 5.74) is 11.0. The highest BCUT2D eigenvalue weighted by Crippen LogP contribution is 2.41. The fraction of sp³-hybridized carbons (Fsp3) is 0.429. The molecule has 108 valence electrons. The van der Waals surface area contributed by atoms with Gasteiger partial charge in [0.05, 0.1) is 5.69 Å². The first-order chi connectivity index (χ1) is 9.43. The van der Waals surface area contributed by atoms with E-state index in [4.69, 9.17) is 16.2 Å². The molecule has 0 unspecified atom stereocenters. The molecule has 1 aromatic rings. The number of primary amides is 1. The van der Waals surface area contributed by atoms with E-state index in [1.54, 1.807) is 18.2 Å². The van der Waals surface area contributed by atoms with Crippen molar-refractivity contribution < 1.29 is 14.3 Å². The van der Waals surface area contributed by atoms with Crippen molar-refractivity contribution in [2.75, 3.05) is 17.2 Å². The molecule has 0 bridgehead atoms. The van der Waals surface area contributed by atoms with Gasteiger partial charge in [-0.2, -0.15) is 0 Å². The van der Waals surface area contributed by atoms with Crippen molar-refractivity contribution in [1.82, 2.24) is 0 Å². The first-order valence-electron chi connectivity index (χ1n) is 6.62. The van der Waals surface area contributed by atoms with E-state index in [1.165, 1.54) is 4.90 Å². The number of nitrogens with zero attached hydrogens (tertiary/aromatic N) is 1. The average Bonchev–Trinajstić information content (AvgIpc) is 2.42. The van der Waals surface area contributed by atoms with Crippen LogP contribution in [-0.2, 0) is 9.59 Å². The van der Waals surface area contributed by atoms with Gasteiger partial charge in [0.15, 0.2) is 5.60 Å². The van der Waals surface area contributed by atoms with Crippen molar-refractivity contribution in [3.63, 3.8) is 0 Å². The summed E-state index contributed by atoms with van der Waals surface area (Å²) < 4.78 is 5.90. The second-order valence-corrected chi connectivity index (χ2v) is 4.89. The molecule has 0 fully saturated rings. The van der Waals surface area contributed by atoms with Crippen molar-refractivity contribution in [3.05, 3.63) is 18.2 Å². The SMILES string of the molecule is CCC1(CC)Oc2ccc(N)cc2N(CC(N)=O)C1=O. The number of ether oxygens (including phenoxy) is 1. The van der Waals surface area contributed by atoms with E-state index in [1.807, 2.05) is 13.8 Å². The van der Waals surface area contributed by atoms with E-state index in [9.17, 15) is 9.59 Å². The van der Waals surface area contributed by atoms with Crippen LogP contribution in [0.3, 0.4) is 0 Å². The van der Waals surface area contributed by atoms with E-state index in [-0.39, 0.29) is 12.5 Å². The van der Waals surface area contributed by atoms with Gasteiger partial charge < -0.3 is 16.2 Å². The van der Waals surface area contributed by atoms with E-state index in [0.717, 1.165) is 0 Å². The summed E-state index contributed by atoms with van der Waals surface area (Å²) in [6, 6.07) is 5.03. The van der Waals surface area contributed by atoms with Gasteiger partial charge in [0.1, 0.15) is 12.3 Å². The van der Waals surface area contributed by atoms with Crippen LogP contribution in [0.2, 0.25) is 0 Å². The third-order valence-electron chi connectivity index (χ3n) is 3.67. The number of carbonyl (C=O) groups excluding carboxylic acids is 2. The molecule has 6 heteroatoms. The van der Waals surface area contributed by atoms with Gasteiger partial charge in [-0.1, -0.05) is 13.8 Å². The lowest BCUT2D eigenvalue weighted by atomic mass is 9.92. The summed E-state index contributed by atoms with van der Waals surface area (Å²) in [6.07, 6.45) is 1.03. The highest BCUT2D eigenvalue weighted by Gasteiger charge is 2.46. The average molecular weight is 277 g/mol. The largest absolute Gasteiger partial charge is 0.475 e. The maximum Gasteiger partial charge on any atom is 0.271 e. The molecule has 0 aromatic heterocycles. The van der Waals surface area contributed by atoms with Gasteiger partial charge in [0, 0.05) is 5.69 Å². The number of carbonyl (C=O) groups is 2. The van der Waals surface area contributed by atoms with Crippen molar-refractivity contribution >= 4 is 23.2 Å². The summed E-state index contributed by atoms with van der Waals surface area (Å²) in [5, 5.41) is 0. The number of rotatable bonds is 4. The van der Waals surface area contributed by atoms with Crippen molar-refractivity contribution in [1.29, 1.82) is 0 Å². The Labute approximate surface area is 117 Å². The molecule has 0 aliphatic carbocycles. The second kappa shape index (κ2) is 5.03. The van der Waals surface area contributed by atoms with Crippen LogP contribution in [0.1, 0.15) is 26.7 Å². The fourth-order valence-electron chi connectivity index (χ4n) is 2.45. The number of hydrogen-bond donors (Lipinski definition) is 2. The number of fused-ring (bicyclic) bond motifs is 1. The maximum atomic E-state index is 12.7. The van der Waals surface area contributed by atoms with Crippen LogP contribution < -0.4 is 21.1 Å². The molecule has 2 amide bonds. The minimum Gasteiger partial charge on any atom is -0.475 e. The Kier molecular flexibility index (Phi) is 3.57. The topological polar surface area (TPSA) is 98.7 Å². The van der Waals surface area contributed by atoms with Crippen LogP contribution in [0.15, 0.2) is 18.2 Å². The minimum absolute atomic E-state index is 0.180. The van der Waals surface area contributed by atoms with Gasteiger partial charge in [-0.15, -0.1) is 0 Å². The molecule has 0 saturated heterocycles. The van der Waals surface area contributed by atoms with Gasteiger partial charge in [0.25, 0.3) is 5.91 Å². The second-order valence-electron chi connectivity index (χ2n) is 4.89. The summed E-state index contributed by atoms with van der Waals surface area (Å²) in [5.74, 6) is -0.280. The van der Waals surface area contributed by atoms with Crippen molar-refractivity contribution in [3.8, 4) is 5.75 Å². The Bertz CT molecular complexity index is 553. The van der Waals surface area contributed by atoms with E-state index >= 15 is 0 Å². The molecule has 0 atom stereocenters. The molecular weight excluding hydrogens is 258 g/mol. The van der Waals surface area contributed by atoms with Crippen LogP contribution in [0, 0.1) is 0 Å². The van der Waals surface area contributed by atoms with Crippen LogP contribution >= 0.6 is 0 Å². The molecule has 6 nitrogen and oxygen atoms in total. The first-order valence-corrected chi connectivity index (χ1v) is 6.62. The Balaban J connectivity index is 2.55. The third kappa shape index (κ3) is 2.17. The minimum atomic E-state index is -0.946. The normalized spacial score (nSPS) is 16.5. The third-order valence-corrected chi connectivity index (χ3v) is 3.67. The molecule has 0 radical (unpaired) electrons. The zero-order valence-corrected chi connectivity index (χ0v) is 11.7. The lowest BCUT2D eigenvalue weighted by Gasteiger charge is -2.41. The Hall–Kier alpha value is -2.24. The summed E-state index contributed by atoms with van der Waals surface area (Å²) in [7, 11) is 0. The van der Waals surface area contributed by atoms with Crippen LogP contribution in [-0.4, -0.2) is 24.0 Å². The van der Waals surface area contributed by atoms with E-state index in [2.05, 4.69) is 0 Å². The molecule has 1 aliphatic heterocycles. The highest BCUT2D eigenvalue weighted by atomic mass is 16.5. The summed E-state index contributed by atoms with van der Waals surface area (Å²) in [4.78, 5) is 25.3. The molecular formula is C14H19N3O3. The lowest BCUT2D eigenvalue weighted by Crippen LogP contribution is -2.57. The zero-order chi connectivity index (χ0) is 14.9. The quantitative estimate of drug-likeness (QED) is 0.803. The van der Waals surface area contributed by atoms with E-state index < -0.39 is 11.5 Å². The van der Waals surface area contributed by atoms with Gasteiger partial charge >= 0.3 is 0 Å². The van der Waals surface area contributed by atoms with Crippen molar-refractivity contribution in [2.45, 2.75) is 32.3 Å². The van der Waals surface area contributed by atoms with Crippen LogP contribution in [0.25, 0.3) is 0 Å². The smallest absolute Gasteiger partial charge is 0.271 e. The molecule has 0 saturated carbocycles. The van der Waals surface area contributed by atoms with E-state index in [0.29, 0.717) is 30.0 Å². The predicted octanol–water partition coefficient (Wildman–Crippen LogP) is 1.04. The number of benzene rings is 1. The predicted molar refractivity (Wildman–Crippen MR) is 76.3 cm³/mol. The number of hydrogen-bond acceptors (Lipinski definition) is 4. The van der Waals surface area contributed by atoms with Crippen LogP contribution in [0.4, 0.5) is 11.4 Å². The molecule has 1 heterocycles. The maximum absolute atomic E-state index is 12.7. The molecule has 4 N–H and O–H groups in total. The number of nitrogens with two attached hydrogens (primary N) is 2. The number of amides is 2. The summed E-state index contributed by atoms with van der Waals surface area (Å²) in [6.45, 7) is 3.58. The Morgan fingerprint density at radius 1 is 1.35 bits per heavy atom. The standard InChI is InChI=1S/C14H19N3O3/c1-3-14(4-2)13(19)17(8-12(16)18)10-7-9(15)5-6-11(10)20-14/h5-7H,3-4,8,15H2,1-2H3,(H2,16,18). The Morgan fingerprint density at radius 2 is 2.00 bits per heavy atom. The van der Waals surface area contributed by atoms with Gasteiger partial charge in [-0.05, 0) is 31.0 Å². The monoisotopic (exact) mass is 277 g/mol. The fourth-order valence-corrected chi connectivity index (χ4v) is 2.45. The van der Waals surface area contributed by atoms with Crippen LogP contribution in [0.5, 0.6) is 5.75 Å². The first kappa shape index (κ1) is 14.2. The van der Waals surface area contributed by atoms with Crippen molar-refractivity contribution in [2.24, 2.45) is 5.73 Å². The van der Waals surface area contributed by atoms with Gasteiger partial charge in [-0.25, -0.2) is 0 Å². The molecule has 1 aromatic carbocycles. The zero-order valence-electron chi connectivity index (χ0n) is 11.7. The lowest BCUT2D eigenvalue weighted by molar-refractivity contribution is -0.137. The molecule has 1 aliphatic rings. The number of anilines is 2. The summed E-state index contributed by atoms with van der Waals surface area (Å²) >= 11 is 0. The number of nitrogen functional groups attached to an aromatic ring is 1. The van der Waals surface area contributed by atoms with Gasteiger partial charge in [0.2, 0.25) is 5.91 Å². The highest BCUT2D eigenvalue weighted by molar-refractivity contribution is 6.06. The molecule has 0 spiro atoms. The molecule has 2 rings (SSSR count). The van der Waals surface area contributed by atoms with Gasteiger partial charge in [-0.3, -0.25) is 14.5 Å². The molecule has 20 heavy (non-hydrogen) atoms.